The number of likely N-dealkylation sites (tertiary alicyclic amines) is 1. The monoisotopic (exact) mass is 806 g/mol. The van der Waals surface area contributed by atoms with Crippen LogP contribution in [0.5, 0.6) is 28.7 Å². The lowest BCUT2D eigenvalue weighted by molar-refractivity contribution is -0.941. The highest BCUT2D eigenvalue weighted by molar-refractivity contribution is 5.91. The van der Waals surface area contributed by atoms with Gasteiger partial charge in [0.05, 0.1) is 102 Å². The molecule has 3 aromatic carbocycles. The number of methoxy groups -OCH3 is 5. The largest absolute Gasteiger partial charge is 0.493 e. The highest BCUT2D eigenvalue weighted by atomic mass is 16.5. The Morgan fingerprint density at radius 1 is 0.690 bits per heavy atom. The van der Waals surface area contributed by atoms with Crippen LogP contribution in [0.1, 0.15) is 65.1 Å². The number of benzene rings is 3. The fraction of sp³-hybridized carbons (Fsp3) is 0.511. The first kappa shape index (κ1) is 44.3. The van der Waals surface area contributed by atoms with Crippen LogP contribution >= 0.6 is 0 Å². The summed E-state index contributed by atoms with van der Waals surface area (Å²) in [4.78, 5) is 25.2. The maximum atomic E-state index is 12.6. The van der Waals surface area contributed by atoms with Crippen molar-refractivity contribution in [2.24, 2.45) is 0 Å². The van der Waals surface area contributed by atoms with Crippen LogP contribution in [0.25, 0.3) is 0 Å². The van der Waals surface area contributed by atoms with Crippen molar-refractivity contribution in [3.8, 4) is 28.7 Å². The Labute approximate surface area is 342 Å². The second kappa shape index (κ2) is 20.7. The van der Waals surface area contributed by atoms with Gasteiger partial charge in [-0.25, -0.2) is 9.59 Å². The molecule has 3 aromatic rings. The molecule has 58 heavy (non-hydrogen) atoms. The van der Waals surface area contributed by atoms with Crippen LogP contribution < -0.4 is 23.7 Å². The minimum absolute atomic E-state index is 0.0297. The zero-order chi connectivity index (χ0) is 41.7. The first-order chi connectivity index (χ1) is 28.0. The van der Waals surface area contributed by atoms with Gasteiger partial charge in [-0.3, -0.25) is 0 Å². The molecule has 0 bridgehead atoms. The van der Waals surface area contributed by atoms with Crippen LogP contribution in [0, 0.1) is 0 Å². The second-order valence-corrected chi connectivity index (χ2v) is 15.5. The van der Waals surface area contributed by atoms with Crippen LogP contribution in [0.4, 0.5) is 0 Å². The Kier molecular flexibility index (Phi) is 15.8. The summed E-state index contributed by atoms with van der Waals surface area (Å²) in [6.45, 7) is 5.45. The molecule has 2 atom stereocenters. The number of carbonyl (C=O) groups is 2. The van der Waals surface area contributed by atoms with Crippen LogP contribution in [0.15, 0.2) is 54.6 Å². The number of quaternary nitrogens is 2. The summed E-state index contributed by atoms with van der Waals surface area (Å²) in [6, 6.07) is 14.0. The molecule has 5 rings (SSSR count). The van der Waals surface area contributed by atoms with Crippen LogP contribution in [-0.2, 0) is 51.7 Å². The van der Waals surface area contributed by atoms with E-state index < -0.39 is 11.9 Å². The standard InChI is InChI=1S/C45H62N2O11/c1-46(20-15-34-27-35(30-48)36(31-49)28-37(34)38(46)23-32-11-12-39(52-2)40(24-32)53-3)16-9-21-57-43(50)13-14-44(51)58-22-10-19-47(17-7-8-18-47)29-33-25-41(54-4)45(56-6)42(26-33)55-5/h11-14,24-28,38,48-49H,7-10,15-23,29-31H2,1-6H3/q+2/b14-13-/t38-,46-/m1/s1. The zero-order valence-electron chi connectivity index (χ0n) is 35.1. The van der Waals surface area contributed by atoms with E-state index in [1.807, 2.05) is 42.5 Å². The highest BCUT2D eigenvalue weighted by Gasteiger charge is 2.39. The van der Waals surface area contributed by atoms with Gasteiger partial charge in [-0.05, 0) is 52.6 Å². The third kappa shape index (κ3) is 10.8. The molecule has 2 N–H and O–H groups in total. The molecule has 0 radical (unpaired) electrons. The Morgan fingerprint density at radius 2 is 1.26 bits per heavy atom. The number of aliphatic hydroxyl groups excluding tert-OH is 2. The first-order valence-electron chi connectivity index (χ1n) is 20.1. The van der Waals surface area contributed by atoms with Gasteiger partial charge < -0.3 is 52.3 Å². The third-order valence-corrected chi connectivity index (χ3v) is 11.9. The fourth-order valence-electron chi connectivity index (χ4n) is 8.76. The van der Waals surface area contributed by atoms with E-state index in [-0.39, 0.29) is 32.5 Å². The molecular weight excluding hydrogens is 744 g/mol. The molecule has 2 heterocycles. The van der Waals surface area contributed by atoms with Gasteiger partial charge in [0.15, 0.2) is 23.0 Å². The van der Waals surface area contributed by atoms with E-state index in [0.29, 0.717) is 52.5 Å². The van der Waals surface area contributed by atoms with Gasteiger partial charge in [-0.1, -0.05) is 12.1 Å². The normalized spacial score (nSPS) is 18.4. The van der Waals surface area contributed by atoms with Gasteiger partial charge in [-0.15, -0.1) is 0 Å². The average molecular weight is 807 g/mol. The van der Waals surface area contributed by atoms with E-state index in [9.17, 15) is 19.8 Å². The number of nitrogens with zero attached hydrogens (tertiary/aromatic N) is 2. The number of hydrogen-bond acceptors (Lipinski definition) is 11. The maximum Gasteiger partial charge on any atom is 0.331 e. The Hall–Kier alpha value is -4.82. The molecule has 0 amide bonds. The average Bonchev–Trinajstić information content (AvgIpc) is 3.71. The molecule has 1 saturated heterocycles. The Morgan fingerprint density at radius 3 is 1.83 bits per heavy atom. The summed E-state index contributed by atoms with van der Waals surface area (Å²) in [5, 5.41) is 20.1. The highest BCUT2D eigenvalue weighted by Crippen LogP contribution is 2.41. The van der Waals surface area contributed by atoms with E-state index in [1.54, 1.807) is 35.5 Å². The van der Waals surface area contributed by atoms with Crippen molar-refractivity contribution in [2.75, 3.05) is 88.5 Å². The fourth-order valence-corrected chi connectivity index (χ4v) is 8.76. The van der Waals surface area contributed by atoms with Crippen LogP contribution in [0.2, 0.25) is 0 Å². The number of ether oxygens (including phenoxy) is 7. The quantitative estimate of drug-likeness (QED) is 0.0633. The second-order valence-electron chi connectivity index (χ2n) is 15.5. The molecule has 13 heteroatoms. The molecule has 13 nitrogen and oxygen atoms in total. The lowest BCUT2D eigenvalue weighted by atomic mass is 9.84. The number of aliphatic hydroxyl groups is 2. The number of rotatable bonds is 21. The number of hydrogen-bond donors (Lipinski definition) is 2. The number of fused-ring (bicyclic) bond motifs is 1. The van der Waals surface area contributed by atoms with Gasteiger partial charge >= 0.3 is 11.9 Å². The SMILES string of the molecule is COc1ccc(C[C@@H]2c3cc(CO)c(CO)cc3CC[N@@+]2(C)CCCOC(=O)/C=C\C(=O)OCCC[N+]2(Cc3cc(OC)c(OC)c(OC)c3)CCCC2)cc1OC. The van der Waals surface area contributed by atoms with E-state index in [4.69, 9.17) is 33.2 Å². The van der Waals surface area contributed by atoms with E-state index in [0.717, 1.165) is 103 Å². The molecule has 2 aliphatic rings. The summed E-state index contributed by atoms with van der Waals surface area (Å²) < 4.78 is 40.2. The van der Waals surface area contributed by atoms with Gasteiger partial charge in [0, 0.05) is 61.8 Å². The number of likely N-dealkylation sites (N-methyl/N-ethyl adjacent to an activating group) is 1. The van der Waals surface area contributed by atoms with Crippen molar-refractivity contribution in [3.63, 3.8) is 0 Å². The predicted octanol–water partition coefficient (Wildman–Crippen LogP) is 5.23. The molecule has 0 spiro atoms. The third-order valence-electron chi connectivity index (χ3n) is 11.9. The van der Waals surface area contributed by atoms with Crippen molar-refractivity contribution in [3.05, 3.63) is 88.0 Å². The van der Waals surface area contributed by atoms with Gasteiger partial charge in [0.1, 0.15) is 12.6 Å². The molecule has 0 unspecified atom stereocenters. The predicted molar refractivity (Wildman–Crippen MR) is 218 cm³/mol. The number of carbonyl (C=O) groups excluding carboxylic acids is 2. The molecule has 0 saturated carbocycles. The first-order valence-corrected chi connectivity index (χ1v) is 20.1. The van der Waals surface area contributed by atoms with Crippen molar-refractivity contribution in [1.82, 2.24) is 0 Å². The summed E-state index contributed by atoms with van der Waals surface area (Å²) in [7, 11) is 10.3. The molecule has 0 aliphatic carbocycles. The topological polar surface area (TPSA) is 139 Å². The lowest BCUT2D eigenvalue weighted by Crippen LogP contribution is -2.52. The lowest BCUT2D eigenvalue weighted by Gasteiger charge is -2.46. The maximum absolute atomic E-state index is 12.6. The summed E-state index contributed by atoms with van der Waals surface area (Å²) in [5.74, 6) is 1.96. The van der Waals surface area contributed by atoms with E-state index in [1.165, 1.54) is 5.56 Å². The molecular formula is C45H62N2O11+2. The summed E-state index contributed by atoms with van der Waals surface area (Å²) in [6.07, 6.45) is 7.34. The van der Waals surface area contributed by atoms with E-state index in [2.05, 4.69) is 7.05 Å². The molecule has 1 fully saturated rings. The number of esters is 2. The van der Waals surface area contributed by atoms with Crippen LogP contribution in [-0.4, -0.2) is 120 Å². The van der Waals surface area contributed by atoms with Gasteiger partial charge in [0.2, 0.25) is 5.75 Å². The molecule has 316 valence electrons. The van der Waals surface area contributed by atoms with E-state index >= 15 is 0 Å². The smallest absolute Gasteiger partial charge is 0.331 e. The van der Waals surface area contributed by atoms with Crippen molar-refractivity contribution in [1.29, 1.82) is 0 Å². The van der Waals surface area contributed by atoms with Crippen molar-refractivity contribution < 1.29 is 61.9 Å². The van der Waals surface area contributed by atoms with Gasteiger partial charge in [-0.2, -0.15) is 0 Å². The van der Waals surface area contributed by atoms with Gasteiger partial charge in [0.25, 0.3) is 0 Å². The zero-order valence-corrected chi connectivity index (χ0v) is 35.1. The molecule has 0 aromatic heterocycles. The Balaban J connectivity index is 1.12. The van der Waals surface area contributed by atoms with Crippen molar-refractivity contribution >= 4 is 11.9 Å². The summed E-state index contributed by atoms with van der Waals surface area (Å²) >= 11 is 0. The molecule has 2 aliphatic heterocycles. The minimum Gasteiger partial charge on any atom is -0.493 e. The van der Waals surface area contributed by atoms with Crippen LogP contribution in [0.3, 0.4) is 0 Å². The van der Waals surface area contributed by atoms with Crippen molar-refractivity contribution in [2.45, 2.75) is 64.3 Å². The summed E-state index contributed by atoms with van der Waals surface area (Å²) in [5.41, 5.74) is 5.93. The Bertz CT molecular complexity index is 1870. The minimum atomic E-state index is -0.596.